The van der Waals surface area contributed by atoms with Crippen LogP contribution in [0, 0.1) is 5.92 Å². The van der Waals surface area contributed by atoms with E-state index in [9.17, 15) is 9.90 Å². The van der Waals surface area contributed by atoms with Gasteiger partial charge in [0.1, 0.15) is 0 Å². The number of rotatable bonds is 2. The molecule has 1 aromatic carbocycles. The Morgan fingerprint density at radius 2 is 2.24 bits per heavy atom. The van der Waals surface area contributed by atoms with Gasteiger partial charge in [-0.3, -0.25) is 4.79 Å². The van der Waals surface area contributed by atoms with E-state index < -0.39 is 11.4 Å². The number of hydrogen-bond acceptors (Lipinski definition) is 2. The first-order chi connectivity index (χ1) is 8.25. The van der Waals surface area contributed by atoms with E-state index in [2.05, 4.69) is 6.07 Å². The molecule has 1 N–H and O–H groups in total. The number of carboxylic acid groups (broad SMARTS) is 1. The van der Waals surface area contributed by atoms with Crippen LogP contribution in [0.4, 0.5) is 0 Å². The molecule has 3 heteroatoms. The van der Waals surface area contributed by atoms with E-state index in [1.807, 2.05) is 18.2 Å². The summed E-state index contributed by atoms with van der Waals surface area (Å²) in [7, 11) is 0. The number of carboxylic acids is 1. The molecule has 0 bridgehead atoms. The molecule has 0 aromatic heterocycles. The zero-order chi connectivity index (χ0) is 11.9. The summed E-state index contributed by atoms with van der Waals surface area (Å²) in [6.45, 7) is 1.28. The van der Waals surface area contributed by atoms with Gasteiger partial charge in [-0.25, -0.2) is 0 Å². The smallest absolute Gasteiger partial charge is 0.314 e. The Hall–Kier alpha value is -1.35. The first kappa shape index (κ1) is 10.8. The number of carbonyl (C=O) groups is 1. The van der Waals surface area contributed by atoms with Crippen LogP contribution in [0.5, 0.6) is 0 Å². The fourth-order valence-electron chi connectivity index (χ4n) is 3.38. The van der Waals surface area contributed by atoms with Gasteiger partial charge >= 0.3 is 5.97 Å². The van der Waals surface area contributed by atoms with Gasteiger partial charge in [0.15, 0.2) is 0 Å². The first-order valence-electron chi connectivity index (χ1n) is 6.14. The summed E-state index contributed by atoms with van der Waals surface area (Å²) >= 11 is 0. The van der Waals surface area contributed by atoms with Crippen LogP contribution in [0.3, 0.4) is 0 Å². The van der Waals surface area contributed by atoms with Crippen LogP contribution in [0.2, 0.25) is 0 Å². The molecule has 2 aliphatic rings. The summed E-state index contributed by atoms with van der Waals surface area (Å²) in [5.41, 5.74) is 1.51. The van der Waals surface area contributed by atoms with Crippen molar-refractivity contribution in [3.63, 3.8) is 0 Å². The van der Waals surface area contributed by atoms with Crippen molar-refractivity contribution in [2.24, 2.45) is 5.92 Å². The minimum absolute atomic E-state index is 0.128. The molecule has 17 heavy (non-hydrogen) atoms. The van der Waals surface area contributed by atoms with Crippen molar-refractivity contribution >= 4 is 5.97 Å². The summed E-state index contributed by atoms with van der Waals surface area (Å²) in [5, 5.41) is 9.72. The molecule has 0 spiro atoms. The van der Waals surface area contributed by atoms with Crippen LogP contribution in [-0.2, 0) is 21.4 Å². The standard InChI is InChI=1S/C14H16O3/c15-13(16)14(11-6-8-17-9-11)7-5-10-3-1-2-4-12(10)14/h1-4,11H,5-9H2,(H,15,16). The molecule has 0 radical (unpaired) electrons. The van der Waals surface area contributed by atoms with Crippen LogP contribution in [0.25, 0.3) is 0 Å². The summed E-state index contributed by atoms with van der Waals surface area (Å²) in [6.07, 6.45) is 2.45. The normalized spacial score (nSPS) is 31.4. The van der Waals surface area contributed by atoms with Crippen LogP contribution in [0.15, 0.2) is 24.3 Å². The van der Waals surface area contributed by atoms with E-state index >= 15 is 0 Å². The largest absolute Gasteiger partial charge is 0.481 e. The van der Waals surface area contributed by atoms with Gasteiger partial charge in [-0.15, -0.1) is 0 Å². The minimum Gasteiger partial charge on any atom is -0.481 e. The van der Waals surface area contributed by atoms with E-state index in [1.165, 1.54) is 5.56 Å². The number of ether oxygens (including phenoxy) is 1. The van der Waals surface area contributed by atoms with Gasteiger partial charge in [0, 0.05) is 12.5 Å². The maximum atomic E-state index is 11.8. The minimum atomic E-state index is -0.701. The predicted octanol–water partition coefficient (Wildman–Crippen LogP) is 1.99. The van der Waals surface area contributed by atoms with Gasteiger partial charge in [-0.05, 0) is 30.4 Å². The number of fused-ring (bicyclic) bond motifs is 1. The highest BCUT2D eigenvalue weighted by molar-refractivity contribution is 5.83. The lowest BCUT2D eigenvalue weighted by Crippen LogP contribution is -2.41. The number of hydrogen-bond donors (Lipinski definition) is 1. The zero-order valence-corrected chi connectivity index (χ0v) is 9.69. The Labute approximate surface area is 100 Å². The highest BCUT2D eigenvalue weighted by atomic mass is 16.5. The molecule has 3 nitrogen and oxygen atoms in total. The molecule has 1 fully saturated rings. The van der Waals surface area contributed by atoms with E-state index in [0.29, 0.717) is 13.2 Å². The van der Waals surface area contributed by atoms with E-state index in [4.69, 9.17) is 4.74 Å². The highest BCUT2D eigenvalue weighted by Crippen LogP contribution is 2.47. The average Bonchev–Trinajstić information content (AvgIpc) is 2.96. The van der Waals surface area contributed by atoms with Crippen LogP contribution in [0.1, 0.15) is 24.0 Å². The van der Waals surface area contributed by atoms with Gasteiger partial charge < -0.3 is 9.84 Å². The van der Waals surface area contributed by atoms with Gasteiger partial charge in [-0.1, -0.05) is 24.3 Å². The van der Waals surface area contributed by atoms with Crippen molar-refractivity contribution in [3.05, 3.63) is 35.4 Å². The Balaban J connectivity index is 2.10. The number of aliphatic carboxylic acids is 1. The quantitative estimate of drug-likeness (QED) is 0.848. The zero-order valence-electron chi connectivity index (χ0n) is 9.69. The fourth-order valence-corrected chi connectivity index (χ4v) is 3.38. The second-order valence-electron chi connectivity index (χ2n) is 4.99. The third-order valence-electron chi connectivity index (χ3n) is 4.29. The summed E-state index contributed by atoms with van der Waals surface area (Å²) in [5.74, 6) is -0.554. The van der Waals surface area contributed by atoms with Crippen LogP contribution in [-0.4, -0.2) is 24.3 Å². The van der Waals surface area contributed by atoms with Crippen molar-refractivity contribution in [1.29, 1.82) is 0 Å². The van der Waals surface area contributed by atoms with Crippen molar-refractivity contribution in [3.8, 4) is 0 Å². The van der Waals surface area contributed by atoms with Crippen molar-refractivity contribution in [2.75, 3.05) is 13.2 Å². The Kier molecular flexibility index (Phi) is 2.44. The van der Waals surface area contributed by atoms with Gasteiger partial charge in [-0.2, -0.15) is 0 Å². The molecule has 3 rings (SSSR count). The maximum absolute atomic E-state index is 11.8. The van der Waals surface area contributed by atoms with Crippen molar-refractivity contribution in [2.45, 2.75) is 24.7 Å². The molecule has 2 atom stereocenters. The van der Waals surface area contributed by atoms with E-state index in [-0.39, 0.29) is 5.92 Å². The Bertz CT molecular complexity index is 449. The van der Waals surface area contributed by atoms with Crippen molar-refractivity contribution in [1.82, 2.24) is 0 Å². The first-order valence-corrected chi connectivity index (χ1v) is 6.14. The molecule has 0 amide bonds. The molecular weight excluding hydrogens is 216 g/mol. The molecule has 2 unspecified atom stereocenters. The SMILES string of the molecule is O=C(O)C1(C2CCOC2)CCc2ccccc21. The molecule has 1 aliphatic carbocycles. The monoisotopic (exact) mass is 232 g/mol. The van der Waals surface area contributed by atoms with E-state index in [0.717, 1.165) is 24.8 Å². The lowest BCUT2D eigenvalue weighted by atomic mass is 9.70. The Morgan fingerprint density at radius 3 is 2.94 bits per heavy atom. The second kappa shape index (κ2) is 3.84. The molecule has 90 valence electrons. The number of benzene rings is 1. The lowest BCUT2D eigenvalue weighted by molar-refractivity contribution is -0.146. The third kappa shape index (κ3) is 1.42. The molecule has 1 heterocycles. The fraction of sp³-hybridized carbons (Fsp3) is 0.500. The van der Waals surface area contributed by atoms with Gasteiger partial charge in [0.2, 0.25) is 0 Å². The molecular formula is C14H16O3. The predicted molar refractivity (Wildman–Crippen MR) is 63.0 cm³/mol. The second-order valence-corrected chi connectivity index (χ2v) is 4.99. The van der Waals surface area contributed by atoms with Crippen molar-refractivity contribution < 1.29 is 14.6 Å². The molecule has 1 aromatic rings. The van der Waals surface area contributed by atoms with Crippen LogP contribution < -0.4 is 0 Å². The summed E-state index contributed by atoms with van der Waals surface area (Å²) in [4.78, 5) is 11.8. The third-order valence-corrected chi connectivity index (χ3v) is 4.29. The summed E-state index contributed by atoms with van der Waals surface area (Å²) < 4.78 is 5.40. The summed E-state index contributed by atoms with van der Waals surface area (Å²) in [6, 6.07) is 7.96. The van der Waals surface area contributed by atoms with Gasteiger partial charge in [0.25, 0.3) is 0 Å². The maximum Gasteiger partial charge on any atom is 0.314 e. The topological polar surface area (TPSA) is 46.5 Å². The van der Waals surface area contributed by atoms with E-state index in [1.54, 1.807) is 0 Å². The van der Waals surface area contributed by atoms with Crippen LogP contribution >= 0.6 is 0 Å². The average molecular weight is 232 g/mol. The molecule has 1 saturated heterocycles. The Morgan fingerprint density at radius 1 is 1.41 bits per heavy atom. The molecule has 0 saturated carbocycles. The van der Waals surface area contributed by atoms with Gasteiger partial charge in [0.05, 0.1) is 12.0 Å². The lowest BCUT2D eigenvalue weighted by Gasteiger charge is -2.31. The molecule has 1 aliphatic heterocycles. The highest BCUT2D eigenvalue weighted by Gasteiger charge is 2.52. The number of aryl methyl sites for hydroxylation is 1.